The standard InChI is InChI=1S/C26H21NO7/c1-3-32-17-9-5-8-16(14-17)27-22(18-11-6-12-33-18)21(24(29)26(27)30)23(28)20-13-15-7-4-10-19(31-2)25(15)34-20/h4-14,22,29H,3H2,1-2H3. The van der Waals surface area contributed by atoms with Crippen molar-refractivity contribution < 1.29 is 33.0 Å². The summed E-state index contributed by atoms with van der Waals surface area (Å²) >= 11 is 0. The van der Waals surface area contributed by atoms with Crippen molar-refractivity contribution in [1.29, 1.82) is 0 Å². The second kappa shape index (κ2) is 8.47. The lowest BCUT2D eigenvalue weighted by atomic mass is 9.99. The number of furan rings is 2. The Hall–Kier alpha value is -4.46. The van der Waals surface area contributed by atoms with E-state index >= 15 is 0 Å². The van der Waals surface area contributed by atoms with E-state index in [-0.39, 0.29) is 11.3 Å². The molecule has 0 fully saturated rings. The Morgan fingerprint density at radius 3 is 2.68 bits per heavy atom. The summed E-state index contributed by atoms with van der Waals surface area (Å²) in [5, 5.41) is 11.5. The molecule has 172 valence electrons. The number of rotatable bonds is 7. The van der Waals surface area contributed by atoms with Gasteiger partial charge >= 0.3 is 0 Å². The molecule has 0 saturated heterocycles. The van der Waals surface area contributed by atoms with Gasteiger partial charge in [0.1, 0.15) is 17.6 Å². The van der Waals surface area contributed by atoms with Gasteiger partial charge in [0.25, 0.3) is 5.91 Å². The lowest BCUT2D eigenvalue weighted by Crippen LogP contribution is -2.30. The quantitative estimate of drug-likeness (QED) is 0.378. The van der Waals surface area contributed by atoms with Gasteiger partial charge in [0, 0.05) is 17.1 Å². The van der Waals surface area contributed by atoms with E-state index in [0.717, 1.165) is 0 Å². The molecule has 8 nitrogen and oxygen atoms in total. The highest BCUT2D eigenvalue weighted by atomic mass is 16.5. The van der Waals surface area contributed by atoms with Gasteiger partial charge in [-0.25, -0.2) is 0 Å². The van der Waals surface area contributed by atoms with Crippen LogP contribution in [-0.2, 0) is 4.79 Å². The van der Waals surface area contributed by atoms with Crippen molar-refractivity contribution in [2.45, 2.75) is 13.0 Å². The number of aliphatic hydroxyl groups excluding tert-OH is 1. The maximum Gasteiger partial charge on any atom is 0.294 e. The van der Waals surface area contributed by atoms with Crippen molar-refractivity contribution in [2.24, 2.45) is 0 Å². The molecule has 1 aliphatic heterocycles. The zero-order valence-electron chi connectivity index (χ0n) is 18.5. The van der Waals surface area contributed by atoms with Gasteiger partial charge < -0.3 is 23.4 Å². The molecule has 34 heavy (non-hydrogen) atoms. The second-order valence-corrected chi connectivity index (χ2v) is 7.60. The molecule has 0 radical (unpaired) electrons. The number of carbonyl (C=O) groups excluding carboxylic acids is 2. The number of aliphatic hydroxyl groups is 1. The summed E-state index contributed by atoms with van der Waals surface area (Å²) in [5.74, 6) is -0.725. The number of hydrogen-bond donors (Lipinski definition) is 1. The highest BCUT2D eigenvalue weighted by molar-refractivity contribution is 6.20. The number of Topliss-reactive ketones (excluding diaryl/α,β-unsaturated/α-hetero) is 1. The number of amides is 1. The van der Waals surface area contributed by atoms with E-state index in [1.54, 1.807) is 60.7 Å². The molecule has 2 aromatic heterocycles. The molecule has 5 rings (SSSR count). The van der Waals surface area contributed by atoms with Crippen LogP contribution in [0.5, 0.6) is 11.5 Å². The molecule has 1 unspecified atom stereocenters. The summed E-state index contributed by atoms with van der Waals surface area (Å²) in [6.07, 6.45) is 1.44. The summed E-state index contributed by atoms with van der Waals surface area (Å²) in [6.45, 7) is 2.30. The minimum Gasteiger partial charge on any atom is -0.503 e. The molecule has 8 heteroatoms. The zero-order valence-corrected chi connectivity index (χ0v) is 18.5. The SMILES string of the molecule is CCOc1cccc(N2C(=O)C(O)=C(C(=O)c3cc4cccc(OC)c4o3)C2c2ccco2)c1. The Kier molecular flexibility index (Phi) is 5.33. The third-order valence-corrected chi connectivity index (χ3v) is 5.62. The monoisotopic (exact) mass is 459 g/mol. The number of methoxy groups -OCH3 is 1. The summed E-state index contributed by atoms with van der Waals surface area (Å²) in [6, 6.07) is 16.0. The van der Waals surface area contributed by atoms with Gasteiger partial charge in [-0.05, 0) is 43.3 Å². The van der Waals surface area contributed by atoms with Crippen LogP contribution in [0.2, 0.25) is 0 Å². The van der Waals surface area contributed by atoms with Gasteiger partial charge in [0.15, 0.2) is 22.9 Å². The fraction of sp³-hybridized carbons (Fsp3) is 0.154. The summed E-state index contributed by atoms with van der Waals surface area (Å²) in [7, 11) is 1.50. The summed E-state index contributed by atoms with van der Waals surface area (Å²) in [4.78, 5) is 28.2. The molecular formula is C26H21NO7. The average molecular weight is 459 g/mol. The highest BCUT2D eigenvalue weighted by Gasteiger charge is 2.46. The first-order valence-electron chi connectivity index (χ1n) is 10.7. The molecular weight excluding hydrogens is 438 g/mol. The van der Waals surface area contributed by atoms with E-state index in [1.165, 1.54) is 18.3 Å². The number of carbonyl (C=O) groups is 2. The van der Waals surface area contributed by atoms with Crippen LogP contribution < -0.4 is 14.4 Å². The van der Waals surface area contributed by atoms with Gasteiger partial charge in [-0.3, -0.25) is 14.5 Å². The Morgan fingerprint density at radius 1 is 1.12 bits per heavy atom. The van der Waals surface area contributed by atoms with Crippen LogP contribution in [0.3, 0.4) is 0 Å². The van der Waals surface area contributed by atoms with Gasteiger partial charge in [0.2, 0.25) is 5.78 Å². The van der Waals surface area contributed by atoms with E-state index < -0.39 is 23.5 Å². The Balaban J connectivity index is 1.62. The van der Waals surface area contributed by atoms with Crippen molar-refractivity contribution in [2.75, 3.05) is 18.6 Å². The smallest absolute Gasteiger partial charge is 0.294 e. The number of benzene rings is 2. The van der Waals surface area contributed by atoms with Crippen molar-refractivity contribution in [3.05, 3.63) is 89.8 Å². The fourth-order valence-corrected chi connectivity index (χ4v) is 4.15. The molecule has 0 bridgehead atoms. The molecule has 1 aliphatic rings. The van der Waals surface area contributed by atoms with Gasteiger partial charge in [0.05, 0.1) is 25.6 Å². The van der Waals surface area contributed by atoms with E-state index in [9.17, 15) is 14.7 Å². The molecule has 0 aliphatic carbocycles. The first kappa shape index (κ1) is 21.4. The molecule has 2 aromatic carbocycles. The average Bonchev–Trinajstić information content (AvgIpc) is 3.58. The van der Waals surface area contributed by atoms with Crippen LogP contribution in [-0.4, -0.2) is 30.5 Å². The van der Waals surface area contributed by atoms with Crippen LogP contribution in [0.4, 0.5) is 5.69 Å². The molecule has 1 N–H and O–H groups in total. The Labute approximate surface area is 194 Å². The Morgan fingerprint density at radius 2 is 1.94 bits per heavy atom. The molecule has 0 saturated carbocycles. The van der Waals surface area contributed by atoms with Gasteiger partial charge in [-0.15, -0.1) is 0 Å². The van der Waals surface area contributed by atoms with E-state index in [1.807, 2.05) is 6.92 Å². The van der Waals surface area contributed by atoms with Crippen LogP contribution in [0.25, 0.3) is 11.0 Å². The van der Waals surface area contributed by atoms with Crippen molar-refractivity contribution >= 4 is 28.3 Å². The first-order chi connectivity index (χ1) is 16.5. The highest BCUT2D eigenvalue weighted by Crippen LogP contribution is 2.43. The van der Waals surface area contributed by atoms with E-state index in [0.29, 0.717) is 40.5 Å². The van der Waals surface area contributed by atoms with E-state index in [2.05, 4.69) is 0 Å². The lowest BCUT2D eigenvalue weighted by molar-refractivity contribution is -0.117. The zero-order chi connectivity index (χ0) is 23.8. The normalized spacial score (nSPS) is 15.9. The molecule has 4 aromatic rings. The van der Waals surface area contributed by atoms with Crippen LogP contribution in [0.1, 0.15) is 29.3 Å². The fourth-order valence-electron chi connectivity index (χ4n) is 4.15. The predicted molar refractivity (Wildman–Crippen MR) is 123 cm³/mol. The van der Waals surface area contributed by atoms with Gasteiger partial charge in [-0.1, -0.05) is 18.2 Å². The second-order valence-electron chi connectivity index (χ2n) is 7.60. The third kappa shape index (κ3) is 3.40. The van der Waals surface area contributed by atoms with Crippen LogP contribution in [0, 0.1) is 0 Å². The molecule has 0 spiro atoms. The van der Waals surface area contributed by atoms with Crippen LogP contribution in [0.15, 0.2) is 87.1 Å². The van der Waals surface area contributed by atoms with Gasteiger partial charge in [-0.2, -0.15) is 0 Å². The number of hydrogen-bond acceptors (Lipinski definition) is 7. The number of anilines is 1. The lowest BCUT2D eigenvalue weighted by Gasteiger charge is -2.25. The minimum absolute atomic E-state index is 0.0321. The van der Waals surface area contributed by atoms with Crippen molar-refractivity contribution in [1.82, 2.24) is 0 Å². The molecule has 1 amide bonds. The number of nitrogens with zero attached hydrogens (tertiary/aromatic N) is 1. The minimum atomic E-state index is -0.998. The number of ether oxygens (including phenoxy) is 2. The molecule has 3 heterocycles. The number of para-hydroxylation sites is 1. The number of ketones is 1. The maximum absolute atomic E-state index is 13.6. The largest absolute Gasteiger partial charge is 0.503 e. The third-order valence-electron chi connectivity index (χ3n) is 5.62. The van der Waals surface area contributed by atoms with Crippen molar-refractivity contribution in [3.8, 4) is 11.5 Å². The maximum atomic E-state index is 13.6. The predicted octanol–water partition coefficient (Wildman–Crippen LogP) is 5.22. The van der Waals surface area contributed by atoms with Crippen LogP contribution >= 0.6 is 0 Å². The summed E-state index contributed by atoms with van der Waals surface area (Å²) in [5.41, 5.74) is 0.700. The topological polar surface area (TPSA) is 102 Å². The molecule has 1 atom stereocenters. The van der Waals surface area contributed by atoms with Crippen molar-refractivity contribution in [3.63, 3.8) is 0 Å². The number of fused-ring (bicyclic) bond motifs is 1. The summed E-state index contributed by atoms with van der Waals surface area (Å²) < 4.78 is 22.3. The van der Waals surface area contributed by atoms with E-state index in [4.69, 9.17) is 18.3 Å². The first-order valence-corrected chi connectivity index (χ1v) is 10.7. The Bertz CT molecular complexity index is 1410.